The highest BCUT2D eigenvalue weighted by molar-refractivity contribution is 6.01. The van der Waals surface area contributed by atoms with Gasteiger partial charge in [0.1, 0.15) is 29.5 Å². The maximum Gasteiger partial charge on any atom is 0.319 e. The van der Waals surface area contributed by atoms with Gasteiger partial charge in [-0.05, 0) is 61.5 Å². The molecule has 3 aromatic carbocycles. The number of anilines is 1. The molecular weight excluding hydrogens is 550 g/mol. The van der Waals surface area contributed by atoms with Crippen molar-refractivity contribution in [1.29, 1.82) is 0 Å². The number of benzene rings is 3. The molecule has 42 heavy (non-hydrogen) atoms. The smallest absolute Gasteiger partial charge is 0.319 e. The second-order valence-corrected chi connectivity index (χ2v) is 12.2. The number of piperazine rings is 1. The van der Waals surface area contributed by atoms with E-state index in [2.05, 4.69) is 15.3 Å². The summed E-state index contributed by atoms with van der Waals surface area (Å²) in [6.07, 6.45) is 1.54. The maximum absolute atomic E-state index is 16.5. The summed E-state index contributed by atoms with van der Waals surface area (Å²) in [5.74, 6) is -4.47. The van der Waals surface area contributed by atoms with Crippen molar-refractivity contribution in [2.45, 2.75) is 37.3 Å². The molecule has 0 spiro atoms. The van der Waals surface area contributed by atoms with E-state index in [1.807, 2.05) is 4.90 Å². The Morgan fingerprint density at radius 1 is 1.10 bits per heavy atom. The number of phenolic OH excluding ortho intramolecular Hbond substituents is 1. The summed E-state index contributed by atoms with van der Waals surface area (Å²) in [5, 5.41) is 15.2. The number of ether oxygens (including phenoxy) is 1. The Morgan fingerprint density at radius 2 is 1.88 bits per heavy atom. The average Bonchev–Trinajstić information content (AvgIpc) is 3.50. The van der Waals surface area contributed by atoms with Gasteiger partial charge in [-0.2, -0.15) is 9.97 Å². The van der Waals surface area contributed by atoms with Crippen molar-refractivity contribution in [2.24, 2.45) is 5.41 Å². The standard InChI is InChI=1S/C31H31F4N5O2/c1-39(2)15-30(14-31(30,34)35)16-42-29-37-27-23(28(38-29)40-13-18-7-8-19(40)12-36-18)11-24(32)25(26(27)33)22-10-20(41)9-17-5-3-4-6-21(17)22/h3-6,9-11,18-19,36,41H,7-8,12-16H2,1-2H3/t18-,19-,30+/m0/s1. The fourth-order valence-electron chi connectivity index (χ4n) is 6.72. The van der Waals surface area contributed by atoms with Gasteiger partial charge in [-0.25, -0.2) is 17.6 Å². The summed E-state index contributed by atoms with van der Waals surface area (Å²) in [6, 6.07) is 11.1. The van der Waals surface area contributed by atoms with Crippen LogP contribution in [-0.2, 0) is 0 Å². The van der Waals surface area contributed by atoms with Crippen LogP contribution in [0.25, 0.3) is 32.8 Å². The van der Waals surface area contributed by atoms with E-state index in [9.17, 15) is 13.9 Å². The van der Waals surface area contributed by atoms with Crippen LogP contribution < -0.4 is 15.0 Å². The fraction of sp³-hybridized carbons (Fsp3) is 0.419. The van der Waals surface area contributed by atoms with Crippen molar-refractivity contribution < 1.29 is 27.4 Å². The Bertz CT molecular complexity index is 1710. The third-order valence-electron chi connectivity index (χ3n) is 8.89. The van der Waals surface area contributed by atoms with Crippen LogP contribution in [-0.4, -0.2) is 78.3 Å². The minimum atomic E-state index is -2.90. The lowest BCUT2D eigenvalue weighted by Gasteiger charge is -2.46. The predicted molar refractivity (Wildman–Crippen MR) is 152 cm³/mol. The SMILES string of the molecule is CN(C)C[C@@]1(COc2nc(N3C[C@@H]4CC[C@H]3CN4)c3cc(F)c(-c4cc(O)cc5ccccc45)c(F)c3n2)CC1(F)F. The zero-order valence-electron chi connectivity index (χ0n) is 23.3. The maximum atomic E-state index is 16.5. The van der Waals surface area contributed by atoms with E-state index in [0.717, 1.165) is 12.8 Å². The molecule has 0 amide bonds. The van der Waals surface area contributed by atoms with E-state index in [-0.39, 0.29) is 65.4 Å². The molecule has 2 N–H and O–H groups in total. The van der Waals surface area contributed by atoms with Crippen molar-refractivity contribution in [3.05, 3.63) is 54.1 Å². The Kier molecular flexibility index (Phi) is 6.25. The molecule has 2 bridgehead atoms. The molecule has 1 saturated carbocycles. The van der Waals surface area contributed by atoms with Crippen LogP contribution in [0, 0.1) is 17.0 Å². The number of nitrogens with zero attached hydrogens (tertiary/aromatic N) is 4. The van der Waals surface area contributed by atoms with Gasteiger partial charge in [0.25, 0.3) is 5.92 Å². The molecule has 4 aromatic rings. The molecule has 4 fully saturated rings. The van der Waals surface area contributed by atoms with Gasteiger partial charge in [0, 0.05) is 43.5 Å². The molecule has 4 aliphatic rings. The first-order valence-electron chi connectivity index (χ1n) is 14.1. The van der Waals surface area contributed by atoms with Crippen molar-refractivity contribution in [3.63, 3.8) is 0 Å². The fourth-order valence-corrected chi connectivity index (χ4v) is 6.72. The van der Waals surface area contributed by atoms with E-state index in [1.54, 1.807) is 43.3 Å². The minimum Gasteiger partial charge on any atom is -0.508 e. The van der Waals surface area contributed by atoms with Crippen LogP contribution in [0.5, 0.6) is 11.8 Å². The number of hydrogen-bond donors (Lipinski definition) is 2. The molecule has 3 aliphatic heterocycles. The Hall–Kier alpha value is -3.70. The monoisotopic (exact) mass is 581 g/mol. The first-order valence-corrected chi connectivity index (χ1v) is 14.1. The summed E-state index contributed by atoms with van der Waals surface area (Å²) in [6.45, 7) is 1.05. The highest BCUT2D eigenvalue weighted by atomic mass is 19.3. The molecule has 1 aromatic heterocycles. The second kappa shape index (κ2) is 9.67. The number of halogens is 4. The Balaban J connectivity index is 1.38. The van der Waals surface area contributed by atoms with Gasteiger partial charge in [0.05, 0.1) is 11.0 Å². The number of rotatable bonds is 7. The second-order valence-electron chi connectivity index (χ2n) is 12.2. The van der Waals surface area contributed by atoms with E-state index in [4.69, 9.17) is 4.74 Å². The molecule has 7 nitrogen and oxygen atoms in total. The summed E-state index contributed by atoms with van der Waals surface area (Å²) < 4.78 is 67.3. The lowest BCUT2D eigenvalue weighted by molar-refractivity contribution is 0.0288. The van der Waals surface area contributed by atoms with Gasteiger partial charge in [0.15, 0.2) is 5.82 Å². The summed E-state index contributed by atoms with van der Waals surface area (Å²) >= 11 is 0. The highest BCUT2D eigenvalue weighted by Gasteiger charge is 2.71. The molecule has 3 saturated heterocycles. The average molecular weight is 582 g/mol. The summed E-state index contributed by atoms with van der Waals surface area (Å²) in [5.41, 5.74) is -1.73. The zero-order chi connectivity index (χ0) is 29.4. The normalized spacial score (nSPS) is 24.6. The molecule has 0 radical (unpaired) electrons. The van der Waals surface area contributed by atoms with E-state index in [0.29, 0.717) is 29.7 Å². The first-order chi connectivity index (χ1) is 20.0. The number of aromatic hydroxyl groups is 1. The number of phenols is 1. The zero-order valence-corrected chi connectivity index (χ0v) is 23.3. The lowest BCUT2D eigenvalue weighted by atomic mass is 9.92. The molecule has 11 heteroatoms. The van der Waals surface area contributed by atoms with E-state index < -0.39 is 23.0 Å². The number of aromatic nitrogens is 2. The topological polar surface area (TPSA) is 73.8 Å². The number of nitrogens with one attached hydrogen (secondary N) is 1. The minimum absolute atomic E-state index is 0.0506. The highest BCUT2D eigenvalue weighted by Crippen LogP contribution is 2.60. The number of fused-ring (bicyclic) bond motifs is 5. The van der Waals surface area contributed by atoms with Crippen LogP contribution in [0.15, 0.2) is 42.5 Å². The van der Waals surface area contributed by atoms with E-state index in [1.165, 1.54) is 18.2 Å². The first kappa shape index (κ1) is 27.2. The van der Waals surface area contributed by atoms with Crippen LogP contribution in [0.3, 0.4) is 0 Å². The van der Waals surface area contributed by atoms with Gasteiger partial charge in [-0.15, -0.1) is 0 Å². The molecule has 1 aliphatic carbocycles. The Labute approximate surface area is 240 Å². The van der Waals surface area contributed by atoms with Crippen LogP contribution >= 0.6 is 0 Å². The lowest BCUT2D eigenvalue weighted by Crippen LogP contribution is -2.61. The van der Waals surface area contributed by atoms with Crippen molar-refractivity contribution >= 4 is 27.5 Å². The predicted octanol–water partition coefficient (Wildman–Crippen LogP) is 5.34. The molecule has 4 heterocycles. The van der Waals surface area contributed by atoms with Crippen molar-refractivity contribution in [3.8, 4) is 22.9 Å². The van der Waals surface area contributed by atoms with Gasteiger partial charge in [-0.3, -0.25) is 0 Å². The molecule has 8 rings (SSSR count). The quantitative estimate of drug-likeness (QED) is 0.286. The molecule has 3 atom stereocenters. The van der Waals surface area contributed by atoms with Gasteiger partial charge >= 0.3 is 6.01 Å². The molecular formula is C31H31F4N5O2. The largest absolute Gasteiger partial charge is 0.508 e. The van der Waals surface area contributed by atoms with Crippen LogP contribution in [0.4, 0.5) is 23.4 Å². The summed E-state index contributed by atoms with van der Waals surface area (Å²) in [7, 11) is 3.44. The molecule has 0 unspecified atom stereocenters. The van der Waals surface area contributed by atoms with Crippen molar-refractivity contribution in [2.75, 3.05) is 45.2 Å². The van der Waals surface area contributed by atoms with Gasteiger partial charge in [-0.1, -0.05) is 24.3 Å². The Morgan fingerprint density at radius 3 is 2.55 bits per heavy atom. The molecule has 220 valence electrons. The third-order valence-corrected chi connectivity index (χ3v) is 8.89. The van der Waals surface area contributed by atoms with Crippen LogP contribution in [0.1, 0.15) is 19.3 Å². The number of hydrogen-bond acceptors (Lipinski definition) is 7. The number of piperidine rings is 2. The third kappa shape index (κ3) is 4.41. The summed E-state index contributed by atoms with van der Waals surface area (Å²) in [4.78, 5) is 12.6. The van der Waals surface area contributed by atoms with Crippen molar-refractivity contribution in [1.82, 2.24) is 20.2 Å². The van der Waals surface area contributed by atoms with Gasteiger partial charge < -0.3 is 25.0 Å². The van der Waals surface area contributed by atoms with E-state index >= 15 is 8.78 Å². The van der Waals surface area contributed by atoms with Crippen LogP contribution in [0.2, 0.25) is 0 Å². The van der Waals surface area contributed by atoms with Gasteiger partial charge in [0.2, 0.25) is 0 Å². The number of alkyl halides is 2.